The van der Waals surface area contributed by atoms with Crippen molar-refractivity contribution < 1.29 is 18.3 Å². The van der Waals surface area contributed by atoms with Gasteiger partial charge in [-0.2, -0.15) is 4.31 Å². The topological polar surface area (TPSA) is 79.6 Å². The highest BCUT2D eigenvalue weighted by Gasteiger charge is 2.28. The number of aryl methyl sites for hydroxylation is 1. The van der Waals surface area contributed by atoms with E-state index in [9.17, 15) is 13.2 Å². The van der Waals surface area contributed by atoms with Crippen molar-refractivity contribution in [2.45, 2.75) is 37.6 Å². The molecule has 0 spiro atoms. The van der Waals surface area contributed by atoms with Gasteiger partial charge in [-0.1, -0.05) is 13.8 Å². The quantitative estimate of drug-likeness (QED) is 0.861. The monoisotopic (exact) mass is 288 g/mol. The van der Waals surface area contributed by atoms with E-state index >= 15 is 0 Å². The van der Waals surface area contributed by atoms with Crippen molar-refractivity contribution in [3.05, 3.63) is 18.0 Å². The SMILES string of the molecule is CCC(CC)N(C)S(=O)(=O)c1cc(C(=O)O)n(C)c1. The van der Waals surface area contributed by atoms with Gasteiger partial charge in [0.1, 0.15) is 10.6 Å². The predicted octanol–water partition coefficient (Wildman–Crippen LogP) is 1.53. The second-order valence-electron chi connectivity index (χ2n) is 4.47. The summed E-state index contributed by atoms with van der Waals surface area (Å²) in [4.78, 5) is 11.0. The van der Waals surface area contributed by atoms with Crippen molar-refractivity contribution in [1.29, 1.82) is 0 Å². The minimum atomic E-state index is -3.65. The fraction of sp³-hybridized carbons (Fsp3) is 0.583. The zero-order valence-corrected chi connectivity index (χ0v) is 12.4. The van der Waals surface area contributed by atoms with Gasteiger partial charge in [0.25, 0.3) is 0 Å². The van der Waals surface area contributed by atoms with Gasteiger partial charge in [-0.25, -0.2) is 13.2 Å². The number of aromatic nitrogens is 1. The zero-order chi connectivity index (χ0) is 14.8. The summed E-state index contributed by atoms with van der Waals surface area (Å²) in [6.45, 7) is 3.85. The first kappa shape index (κ1) is 15.7. The lowest BCUT2D eigenvalue weighted by molar-refractivity contribution is 0.0686. The van der Waals surface area contributed by atoms with E-state index in [4.69, 9.17) is 5.11 Å². The third kappa shape index (κ3) is 2.98. The first-order chi connectivity index (χ1) is 8.75. The first-order valence-electron chi connectivity index (χ1n) is 6.13. The number of rotatable bonds is 6. The lowest BCUT2D eigenvalue weighted by Crippen LogP contribution is -2.36. The van der Waals surface area contributed by atoms with E-state index in [0.29, 0.717) is 12.8 Å². The largest absolute Gasteiger partial charge is 0.477 e. The normalized spacial score (nSPS) is 12.3. The smallest absolute Gasteiger partial charge is 0.352 e. The molecule has 0 saturated carbocycles. The van der Waals surface area contributed by atoms with E-state index in [1.54, 1.807) is 0 Å². The van der Waals surface area contributed by atoms with Crippen LogP contribution in [0.1, 0.15) is 37.2 Å². The second-order valence-corrected chi connectivity index (χ2v) is 6.47. The molecule has 1 heterocycles. The summed E-state index contributed by atoms with van der Waals surface area (Å²) < 4.78 is 27.4. The molecule has 108 valence electrons. The molecule has 0 atom stereocenters. The van der Waals surface area contributed by atoms with E-state index in [-0.39, 0.29) is 16.6 Å². The zero-order valence-electron chi connectivity index (χ0n) is 11.6. The van der Waals surface area contributed by atoms with Gasteiger partial charge < -0.3 is 9.67 Å². The fourth-order valence-electron chi connectivity index (χ4n) is 2.05. The molecule has 0 aromatic carbocycles. The van der Waals surface area contributed by atoms with Crippen LogP contribution in [0.25, 0.3) is 0 Å². The highest BCUT2D eigenvalue weighted by Crippen LogP contribution is 2.21. The first-order valence-corrected chi connectivity index (χ1v) is 7.57. The Bertz CT molecular complexity index is 558. The molecule has 0 fully saturated rings. The number of carboxylic acid groups (broad SMARTS) is 1. The van der Waals surface area contributed by atoms with Crippen molar-refractivity contribution in [2.24, 2.45) is 7.05 Å². The highest BCUT2D eigenvalue weighted by molar-refractivity contribution is 7.89. The Labute approximate surface area is 113 Å². The van der Waals surface area contributed by atoms with Gasteiger partial charge >= 0.3 is 5.97 Å². The predicted molar refractivity (Wildman–Crippen MR) is 71.7 cm³/mol. The fourth-order valence-corrected chi connectivity index (χ4v) is 3.63. The minimum Gasteiger partial charge on any atom is -0.477 e. The number of carboxylic acids is 1. The van der Waals surface area contributed by atoms with Gasteiger partial charge in [0, 0.05) is 26.3 Å². The average Bonchev–Trinajstić information content (AvgIpc) is 2.73. The van der Waals surface area contributed by atoms with E-state index < -0.39 is 16.0 Å². The number of nitrogens with zero attached hydrogens (tertiary/aromatic N) is 2. The molecule has 1 aromatic heterocycles. The third-order valence-electron chi connectivity index (χ3n) is 3.33. The number of hydrogen-bond donors (Lipinski definition) is 1. The molecule has 19 heavy (non-hydrogen) atoms. The van der Waals surface area contributed by atoms with Gasteiger partial charge in [-0.05, 0) is 18.9 Å². The Morgan fingerprint density at radius 2 is 1.95 bits per heavy atom. The van der Waals surface area contributed by atoms with Crippen LogP contribution in [0.2, 0.25) is 0 Å². The van der Waals surface area contributed by atoms with E-state index in [2.05, 4.69) is 0 Å². The van der Waals surface area contributed by atoms with Crippen molar-refractivity contribution in [3.63, 3.8) is 0 Å². The van der Waals surface area contributed by atoms with Crippen LogP contribution in [0.3, 0.4) is 0 Å². The number of sulfonamides is 1. The number of carbonyl (C=O) groups is 1. The summed E-state index contributed by atoms with van der Waals surface area (Å²) in [5.41, 5.74) is -0.0449. The van der Waals surface area contributed by atoms with Crippen LogP contribution < -0.4 is 0 Å². The maximum absolute atomic E-state index is 12.4. The van der Waals surface area contributed by atoms with Crippen molar-refractivity contribution in [2.75, 3.05) is 7.05 Å². The van der Waals surface area contributed by atoms with Crippen molar-refractivity contribution >= 4 is 16.0 Å². The average molecular weight is 288 g/mol. The number of aromatic carboxylic acids is 1. The van der Waals surface area contributed by atoms with E-state index in [1.807, 2.05) is 13.8 Å². The van der Waals surface area contributed by atoms with E-state index in [1.165, 1.54) is 35.2 Å². The lowest BCUT2D eigenvalue weighted by Gasteiger charge is -2.24. The highest BCUT2D eigenvalue weighted by atomic mass is 32.2. The van der Waals surface area contributed by atoms with E-state index in [0.717, 1.165) is 0 Å². The summed E-state index contributed by atoms with van der Waals surface area (Å²) in [6.07, 6.45) is 2.76. The van der Waals surface area contributed by atoms with Gasteiger partial charge in [-0.15, -0.1) is 0 Å². The summed E-state index contributed by atoms with van der Waals surface area (Å²) in [7, 11) is -0.607. The van der Waals surface area contributed by atoms with Crippen LogP contribution in [0.15, 0.2) is 17.2 Å². The third-order valence-corrected chi connectivity index (χ3v) is 5.21. The van der Waals surface area contributed by atoms with Crippen LogP contribution in [-0.4, -0.2) is 41.5 Å². The van der Waals surface area contributed by atoms with Crippen LogP contribution in [-0.2, 0) is 17.1 Å². The molecule has 0 aliphatic heterocycles. The Hall–Kier alpha value is -1.34. The Kier molecular flexibility index (Phi) is 4.75. The van der Waals surface area contributed by atoms with Crippen molar-refractivity contribution in [3.8, 4) is 0 Å². The molecule has 6 nitrogen and oxygen atoms in total. The Morgan fingerprint density at radius 3 is 2.32 bits per heavy atom. The maximum Gasteiger partial charge on any atom is 0.352 e. The molecule has 0 radical (unpaired) electrons. The molecule has 7 heteroatoms. The van der Waals surface area contributed by atoms with Gasteiger partial charge in [0.05, 0.1) is 0 Å². The number of hydrogen-bond acceptors (Lipinski definition) is 3. The lowest BCUT2D eigenvalue weighted by atomic mass is 10.2. The van der Waals surface area contributed by atoms with Crippen molar-refractivity contribution in [1.82, 2.24) is 8.87 Å². The molecule has 0 unspecified atom stereocenters. The molecule has 1 N–H and O–H groups in total. The van der Waals surface area contributed by atoms with Crippen LogP contribution >= 0.6 is 0 Å². The Morgan fingerprint density at radius 1 is 1.42 bits per heavy atom. The summed E-state index contributed by atoms with van der Waals surface area (Å²) in [5, 5.41) is 8.96. The maximum atomic E-state index is 12.4. The molecule has 0 aliphatic rings. The molecule has 1 aromatic rings. The summed E-state index contributed by atoms with van der Waals surface area (Å²) >= 11 is 0. The Balaban J connectivity index is 3.20. The molecular formula is C12H20N2O4S. The van der Waals surface area contributed by atoms with Gasteiger partial charge in [-0.3, -0.25) is 0 Å². The van der Waals surface area contributed by atoms with Gasteiger partial charge in [0.2, 0.25) is 10.0 Å². The molecule has 1 rings (SSSR count). The molecule has 0 amide bonds. The second kappa shape index (κ2) is 5.75. The van der Waals surface area contributed by atoms with Crippen LogP contribution in [0.5, 0.6) is 0 Å². The van der Waals surface area contributed by atoms with Crippen LogP contribution in [0, 0.1) is 0 Å². The van der Waals surface area contributed by atoms with Gasteiger partial charge in [0.15, 0.2) is 0 Å². The molecule has 0 aliphatic carbocycles. The molecule has 0 bridgehead atoms. The summed E-state index contributed by atoms with van der Waals surface area (Å²) in [6, 6.07) is 1.11. The van der Waals surface area contributed by atoms with Crippen LogP contribution in [0.4, 0.5) is 0 Å². The summed E-state index contributed by atoms with van der Waals surface area (Å²) in [5.74, 6) is -1.14. The molecular weight excluding hydrogens is 268 g/mol. The molecule has 0 saturated heterocycles. The minimum absolute atomic E-state index is 0.0156. The standard InChI is InChI=1S/C12H20N2O4S/c1-5-9(6-2)14(4)19(17,18)10-7-11(12(15)16)13(3)8-10/h7-9H,5-6H2,1-4H3,(H,15,16).